The molecule has 0 aliphatic heterocycles. The third-order valence-corrected chi connectivity index (χ3v) is 10.7. The van der Waals surface area contributed by atoms with E-state index in [2.05, 4.69) is 174 Å². The topological polar surface area (TPSA) is 40.5 Å². The van der Waals surface area contributed by atoms with E-state index in [-0.39, 0.29) is 0 Å². The lowest BCUT2D eigenvalue weighted by molar-refractivity contribution is 0.426. The zero-order valence-electron chi connectivity index (χ0n) is 28.2. The molecule has 0 bridgehead atoms. The first-order chi connectivity index (χ1) is 25.5. The lowest BCUT2D eigenvalue weighted by Gasteiger charge is -2.12. The van der Waals surface area contributed by atoms with E-state index < -0.39 is 7.12 Å². The fourth-order valence-corrected chi connectivity index (χ4v) is 8.12. The summed E-state index contributed by atoms with van der Waals surface area (Å²) in [6, 6.07) is 63.6. The van der Waals surface area contributed by atoms with Gasteiger partial charge < -0.3 is 10.0 Å². The van der Waals surface area contributed by atoms with Crippen molar-refractivity contribution in [2.24, 2.45) is 0 Å². The van der Waals surface area contributed by atoms with Gasteiger partial charge in [0.25, 0.3) is 0 Å². The van der Waals surface area contributed by atoms with E-state index in [0.717, 1.165) is 15.6 Å². The Kier molecular flexibility index (Phi) is 8.29. The molecule has 0 aromatic heterocycles. The number of hydrogen-bond donors (Lipinski definition) is 2. The van der Waals surface area contributed by atoms with Gasteiger partial charge in [0.1, 0.15) is 0 Å². The molecule has 0 aliphatic rings. The summed E-state index contributed by atoms with van der Waals surface area (Å²) in [5.41, 5.74) is 5.00. The molecule has 0 unspecified atom stereocenters. The van der Waals surface area contributed by atoms with Crippen molar-refractivity contribution in [3.63, 3.8) is 0 Å². The maximum atomic E-state index is 9.48. The van der Waals surface area contributed by atoms with Gasteiger partial charge in [-0.15, -0.1) is 0 Å². The third kappa shape index (κ3) is 5.72. The summed E-state index contributed by atoms with van der Waals surface area (Å²) < 4.78 is 1.11. The van der Waals surface area contributed by atoms with Gasteiger partial charge in [-0.1, -0.05) is 174 Å². The van der Waals surface area contributed by atoms with Crippen LogP contribution in [0.15, 0.2) is 186 Å². The normalized spacial score (nSPS) is 11.4. The minimum absolute atomic E-state index is 0.496. The minimum Gasteiger partial charge on any atom is -0.423 e. The second-order valence-corrected chi connectivity index (χ2v) is 14.1. The Morgan fingerprint density at radius 1 is 0.288 bits per heavy atom. The molecule has 0 fully saturated rings. The van der Waals surface area contributed by atoms with E-state index in [1.165, 1.54) is 75.8 Å². The minimum atomic E-state index is -1.46. The van der Waals surface area contributed by atoms with Crippen molar-refractivity contribution in [3.8, 4) is 22.3 Å². The summed E-state index contributed by atoms with van der Waals surface area (Å²) in [5.74, 6) is 0. The van der Waals surface area contributed by atoms with Gasteiger partial charge in [-0.05, 0) is 117 Å². The molecule has 0 aliphatic carbocycles. The summed E-state index contributed by atoms with van der Waals surface area (Å²) in [5, 5.41) is 34.3. The van der Waals surface area contributed by atoms with Crippen molar-refractivity contribution in [1.29, 1.82) is 0 Å². The van der Waals surface area contributed by atoms with Crippen LogP contribution in [0.1, 0.15) is 0 Å². The molecular weight excluding hydrogens is 699 g/mol. The average molecular weight is 731 g/mol. The van der Waals surface area contributed by atoms with Gasteiger partial charge in [-0.3, -0.25) is 0 Å². The van der Waals surface area contributed by atoms with E-state index in [1.807, 2.05) is 18.2 Å². The average Bonchev–Trinajstić information content (AvgIpc) is 3.21. The van der Waals surface area contributed by atoms with Crippen LogP contribution in [0.5, 0.6) is 0 Å². The van der Waals surface area contributed by atoms with Gasteiger partial charge in [0.05, 0.1) is 0 Å². The van der Waals surface area contributed by atoms with Gasteiger partial charge in [-0.2, -0.15) is 0 Å². The van der Waals surface area contributed by atoms with E-state index in [0.29, 0.717) is 5.46 Å². The quantitative estimate of drug-likeness (QED) is 0.140. The summed E-state index contributed by atoms with van der Waals surface area (Å²) in [6.45, 7) is 0. The lowest BCUT2D eigenvalue weighted by atomic mass is 9.79. The molecule has 0 saturated carbocycles. The fourth-order valence-electron chi connectivity index (χ4n) is 7.72. The van der Waals surface area contributed by atoms with Crippen LogP contribution in [-0.2, 0) is 0 Å². The molecule has 246 valence electrons. The van der Waals surface area contributed by atoms with Crippen LogP contribution in [0.25, 0.3) is 86.9 Å². The van der Waals surface area contributed by atoms with Crippen LogP contribution < -0.4 is 5.46 Å². The predicted molar refractivity (Wildman–Crippen MR) is 226 cm³/mol. The summed E-state index contributed by atoms with van der Waals surface area (Å²) in [6.07, 6.45) is 0. The molecule has 0 amide bonds. The Hall–Kier alpha value is -5.78. The van der Waals surface area contributed by atoms with Crippen molar-refractivity contribution < 1.29 is 10.0 Å². The van der Waals surface area contributed by atoms with Crippen LogP contribution in [0, 0.1) is 0 Å². The predicted octanol–water partition coefficient (Wildman–Crippen LogP) is 12.1. The summed E-state index contributed by atoms with van der Waals surface area (Å²) >= 11 is 3.58. The van der Waals surface area contributed by atoms with Crippen LogP contribution >= 0.6 is 15.9 Å². The third-order valence-electron chi connectivity index (χ3n) is 10.2. The monoisotopic (exact) mass is 730 g/mol. The van der Waals surface area contributed by atoms with Gasteiger partial charge in [0, 0.05) is 4.47 Å². The smallest absolute Gasteiger partial charge is 0.423 e. The largest absolute Gasteiger partial charge is 0.488 e. The van der Waals surface area contributed by atoms with Crippen molar-refractivity contribution in [3.05, 3.63) is 186 Å². The first kappa shape index (κ1) is 32.2. The Morgan fingerprint density at radius 2 is 0.615 bits per heavy atom. The van der Waals surface area contributed by atoms with Crippen LogP contribution in [0.2, 0.25) is 0 Å². The highest BCUT2D eigenvalue weighted by molar-refractivity contribution is 9.10. The fraction of sp³-hybridized carbons (Fsp3) is 0. The van der Waals surface area contributed by atoms with Crippen LogP contribution in [-0.4, -0.2) is 17.2 Å². The Bertz CT molecular complexity index is 2900. The molecule has 0 heterocycles. The first-order valence-electron chi connectivity index (χ1n) is 17.4. The molecule has 10 aromatic carbocycles. The molecule has 10 aromatic rings. The zero-order valence-corrected chi connectivity index (χ0v) is 29.8. The maximum absolute atomic E-state index is 9.48. The van der Waals surface area contributed by atoms with Crippen molar-refractivity contribution in [1.82, 2.24) is 0 Å². The van der Waals surface area contributed by atoms with Crippen LogP contribution in [0.4, 0.5) is 0 Å². The van der Waals surface area contributed by atoms with Gasteiger partial charge in [0.15, 0.2) is 0 Å². The molecule has 0 radical (unpaired) electrons. The maximum Gasteiger partial charge on any atom is 0.488 e. The molecule has 52 heavy (non-hydrogen) atoms. The van der Waals surface area contributed by atoms with E-state index in [1.54, 1.807) is 6.07 Å². The Balaban J connectivity index is 0.000000139. The molecule has 10 rings (SSSR count). The van der Waals surface area contributed by atoms with Gasteiger partial charge in [0.2, 0.25) is 0 Å². The Labute approximate surface area is 310 Å². The Morgan fingerprint density at radius 3 is 1.00 bits per heavy atom. The molecule has 2 N–H and O–H groups in total. The van der Waals surface area contributed by atoms with E-state index in [9.17, 15) is 10.0 Å². The standard InChI is InChI=1S/C24H17BO2.C24H15Br/c26-25(27)18-7-5-6-16(14-18)17-12-13-23-21-10-2-1-8-19(21)20-9-3-4-11-22(20)24(23)15-17;25-18-7-5-6-16(14-18)17-12-13-23-21-10-2-1-8-19(21)20-9-3-4-11-22(20)24(23)15-17/h1-15,26-27H;1-15H. The van der Waals surface area contributed by atoms with E-state index in [4.69, 9.17) is 0 Å². The van der Waals surface area contributed by atoms with Gasteiger partial charge >= 0.3 is 7.12 Å². The highest BCUT2D eigenvalue weighted by Crippen LogP contribution is 2.38. The first-order valence-corrected chi connectivity index (χ1v) is 18.2. The number of benzene rings is 10. The highest BCUT2D eigenvalue weighted by atomic mass is 79.9. The lowest BCUT2D eigenvalue weighted by Crippen LogP contribution is -2.29. The number of fused-ring (bicyclic) bond motifs is 12. The van der Waals surface area contributed by atoms with Gasteiger partial charge in [-0.25, -0.2) is 0 Å². The number of rotatable bonds is 3. The molecule has 0 spiro atoms. The molecule has 4 heteroatoms. The summed E-state index contributed by atoms with van der Waals surface area (Å²) in [7, 11) is -1.46. The SMILES string of the molecule is Brc1cccc(-c2ccc3c4ccccc4c4ccccc4c3c2)c1.OB(O)c1cccc(-c2ccc3c4ccccc4c4ccccc4c3c2)c1. The highest BCUT2D eigenvalue weighted by Gasteiger charge is 2.14. The summed E-state index contributed by atoms with van der Waals surface area (Å²) in [4.78, 5) is 0. The van der Waals surface area contributed by atoms with Crippen molar-refractivity contribution in [2.45, 2.75) is 0 Å². The number of hydrogen-bond acceptors (Lipinski definition) is 2. The second kappa shape index (κ2) is 13.4. The molecule has 2 nitrogen and oxygen atoms in total. The zero-order chi connectivity index (χ0) is 35.2. The van der Waals surface area contributed by atoms with Crippen molar-refractivity contribution in [2.75, 3.05) is 0 Å². The van der Waals surface area contributed by atoms with E-state index >= 15 is 0 Å². The number of halogens is 1. The molecule has 0 saturated heterocycles. The van der Waals surface area contributed by atoms with Crippen molar-refractivity contribution >= 4 is 93.1 Å². The molecular formula is C48H32BBrO2. The van der Waals surface area contributed by atoms with Crippen LogP contribution in [0.3, 0.4) is 0 Å². The second-order valence-electron chi connectivity index (χ2n) is 13.2. The molecule has 0 atom stereocenters.